The van der Waals surface area contributed by atoms with Crippen LogP contribution in [0.1, 0.15) is 64.8 Å². The van der Waals surface area contributed by atoms with Crippen molar-refractivity contribution in [1.82, 2.24) is 9.78 Å². The highest BCUT2D eigenvalue weighted by molar-refractivity contribution is 6.32. The van der Waals surface area contributed by atoms with Crippen molar-refractivity contribution in [2.75, 3.05) is 0 Å². The highest BCUT2D eigenvalue weighted by atomic mass is 35.5. The van der Waals surface area contributed by atoms with E-state index in [9.17, 15) is 4.79 Å². The minimum atomic E-state index is -0.461. The average molecular weight is 425 g/mol. The minimum Gasteiger partial charge on any atom is -0.420 e. The van der Waals surface area contributed by atoms with Crippen LogP contribution in [0.5, 0.6) is 5.75 Å². The van der Waals surface area contributed by atoms with E-state index in [1.165, 1.54) is 16.7 Å². The molecule has 0 saturated carbocycles. The van der Waals surface area contributed by atoms with Crippen LogP contribution in [-0.2, 0) is 12.0 Å². The Labute approximate surface area is 183 Å². The predicted octanol–water partition coefficient (Wildman–Crippen LogP) is 6.34. The first-order chi connectivity index (χ1) is 14.0. The van der Waals surface area contributed by atoms with Crippen LogP contribution in [-0.4, -0.2) is 15.7 Å². The molecule has 0 spiro atoms. The fourth-order valence-electron chi connectivity index (χ4n) is 3.57. The highest BCUT2D eigenvalue weighted by Crippen LogP contribution is 2.30. The maximum Gasteiger partial charge on any atom is 0.362 e. The van der Waals surface area contributed by atoms with Crippen LogP contribution < -0.4 is 4.74 Å². The number of aryl methyl sites for hydroxylation is 4. The van der Waals surface area contributed by atoms with Crippen molar-refractivity contribution >= 4 is 17.6 Å². The van der Waals surface area contributed by atoms with Crippen LogP contribution >= 0.6 is 11.6 Å². The number of benzene rings is 2. The second-order valence-corrected chi connectivity index (χ2v) is 9.38. The van der Waals surface area contributed by atoms with E-state index in [-0.39, 0.29) is 5.41 Å². The Morgan fingerprint density at radius 2 is 1.67 bits per heavy atom. The lowest BCUT2D eigenvalue weighted by atomic mass is 9.92. The van der Waals surface area contributed by atoms with Gasteiger partial charge in [0, 0.05) is 5.41 Å². The molecule has 0 atom stereocenters. The molecule has 0 fully saturated rings. The summed E-state index contributed by atoms with van der Waals surface area (Å²) in [5.41, 5.74) is 6.61. The summed E-state index contributed by atoms with van der Waals surface area (Å²) < 4.78 is 7.46. The number of nitrogens with zero attached hydrogens (tertiary/aromatic N) is 2. The monoisotopic (exact) mass is 424 g/mol. The number of ether oxygens (including phenoxy) is 1. The van der Waals surface area contributed by atoms with E-state index in [1.807, 2.05) is 25.1 Å². The van der Waals surface area contributed by atoms with Crippen molar-refractivity contribution in [3.63, 3.8) is 0 Å². The van der Waals surface area contributed by atoms with Gasteiger partial charge in [-0.15, -0.1) is 0 Å². The summed E-state index contributed by atoms with van der Waals surface area (Å²) in [5.74, 6) is -0.0754. The summed E-state index contributed by atoms with van der Waals surface area (Å²) in [7, 11) is 0. The molecule has 0 amide bonds. The van der Waals surface area contributed by atoms with Crippen molar-refractivity contribution in [1.29, 1.82) is 0 Å². The zero-order valence-electron chi connectivity index (χ0n) is 18.8. The van der Waals surface area contributed by atoms with Gasteiger partial charge in [0.15, 0.2) is 5.75 Å². The summed E-state index contributed by atoms with van der Waals surface area (Å²) in [5, 5.41) is 5.18. The molecule has 0 aliphatic heterocycles. The van der Waals surface area contributed by atoms with Gasteiger partial charge < -0.3 is 4.74 Å². The Morgan fingerprint density at radius 1 is 1.03 bits per heavy atom. The van der Waals surface area contributed by atoms with Gasteiger partial charge in [-0.1, -0.05) is 62.2 Å². The maximum absolute atomic E-state index is 13.2. The van der Waals surface area contributed by atoms with Gasteiger partial charge in [-0.3, -0.25) is 4.68 Å². The molecule has 0 bridgehead atoms. The van der Waals surface area contributed by atoms with E-state index in [2.05, 4.69) is 53.7 Å². The molecule has 4 nitrogen and oxygen atoms in total. The van der Waals surface area contributed by atoms with Crippen molar-refractivity contribution in [3.8, 4) is 5.75 Å². The Kier molecular flexibility index (Phi) is 6.09. The number of carbonyl (C=O) groups excluding carboxylic acids is 1. The minimum absolute atomic E-state index is 0.196. The number of carbonyl (C=O) groups is 1. The molecule has 0 saturated heterocycles. The maximum atomic E-state index is 13.2. The third kappa shape index (κ3) is 4.59. The SMILES string of the molecule is Cc1cc(C)c(Cn2nc(C(C)(C)C)cc2C(=O)Oc2c(C)cccc2Cl)c(C)c1. The first-order valence-electron chi connectivity index (χ1n) is 10.1. The quantitative estimate of drug-likeness (QED) is 0.362. The van der Waals surface area contributed by atoms with Gasteiger partial charge in [0.2, 0.25) is 0 Å². The fourth-order valence-corrected chi connectivity index (χ4v) is 3.83. The van der Waals surface area contributed by atoms with Crippen molar-refractivity contribution < 1.29 is 9.53 Å². The molecule has 30 heavy (non-hydrogen) atoms. The van der Waals surface area contributed by atoms with Crippen LogP contribution in [0.25, 0.3) is 0 Å². The van der Waals surface area contributed by atoms with E-state index in [0.29, 0.717) is 23.0 Å². The predicted molar refractivity (Wildman–Crippen MR) is 122 cm³/mol. The summed E-state index contributed by atoms with van der Waals surface area (Å²) in [4.78, 5) is 13.2. The molecule has 2 aromatic carbocycles. The Morgan fingerprint density at radius 3 is 2.23 bits per heavy atom. The van der Waals surface area contributed by atoms with Gasteiger partial charge >= 0.3 is 5.97 Å². The summed E-state index contributed by atoms with van der Waals surface area (Å²) in [6, 6.07) is 11.6. The lowest BCUT2D eigenvalue weighted by Gasteiger charge is -2.15. The van der Waals surface area contributed by atoms with Crippen LogP contribution in [0.3, 0.4) is 0 Å². The molecule has 158 valence electrons. The van der Waals surface area contributed by atoms with Gasteiger partial charge in [0.05, 0.1) is 17.3 Å². The molecular weight excluding hydrogens is 396 g/mol. The summed E-state index contributed by atoms with van der Waals surface area (Å²) in [6.45, 7) is 14.9. The topological polar surface area (TPSA) is 44.1 Å². The zero-order chi connectivity index (χ0) is 22.2. The van der Waals surface area contributed by atoms with Crippen LogP contribution in [0.4, 0.5) is 0 Å². The Hall–Kier alpha value is -2.59. The largest absolute Gasteiger partial charge is 0.420 e. The second-order valence-electron chi connectivity index (χ2n) is 8.98. The van der Waals surface area contributed by atoms with Gasteiger partial charge in [0.1, 0.15) is 5.69 Å². The number of halogens is 1. The molecule has 0 aliphatic rings. The van der Waals surface area contributed by atoms with E-state index >= 15 is 0 Å². The second kappa shape index (κ2) is 8.27. The number of para-hydroxylation sites is 1. The molecule has 1 aromatic heterocycles. The number of aromatic nitrogens is 2. The average Bonchev–Trinajstić information content (AvgIpc) is 3.05. The number of esters is 1. The smallest absolute Gasteiger partial charge is 0.362 e. The fraction of sp³-hybridized carbons (Fsp3) is 0.360. The molecule has 0 N–H and O–H groups in total. The van der Waals surface area contributed by atoms with E-state index in [0.717, 1.165) is 16.8 Å². The van der Waals surface area contributed by atoms with Crippen molar-refractivity contribution in [2.45, 2.75) is 60.4 Å². The molecule has 0 unspecified atom stereocenters. The number of hydrogen-bond acceptors (Lipinski definition) is 3. The summed E-state index contributed by atoms with van der Waals surface area (Å²) in [6.07, 6.45) is 0. The van der Waals surface area contributed by atoms with Gasteiger partial charge in [-0.05, 0) is 62.1 Å². The third-order valence-corrected chi connectivity index (χ3v) is 5.56. The van der Waals surface area contributed by atoms with Gasteiger partial charge in [-0.2, -0.15) is 5.10 Å². The molecule has 5 heteroatoms. The van der Waals surface area contributed by atoms with Gasteiger partial charge in [-0.25, -0.2) is 4.79 Å². The van der Waals surface area contributed by atoms with Gasteiger partial charge in [0.25, 0.3) is 0 Å². The molecule has 3 rings (SSSR count). The lowest BCUT2D eigenvalue weighted by Crippen LogP contribution is -2.18. The lowest BCUT2D eigenvalue weighted by molar-refractivity contribution is 0.0721. The number of hydrogen-bond donors (Lipinski definition) is 0. The summed E-state index contributed by atoms with van der Waals surface area (Å²) >= 11 is 6.27. The first-order valence-corrected chi connectivity index (χ1v) is 10.5. The molecule has 0 radical (unpaired) electrons. The molecule has 1 heterocycles. The molecule has 0 aliphatic carbocycles. The van der Waals surface area contributed by atoms with E-state index in [4.69, 9.17) is 21.4 Å². The van der Waals surface area contributed by atoms with Crippen LogP contribution in [0.2, 0.25) is 5.02 Å². The van der Waals surface area contributed by atoms with Crippen molar-refractivity contribution in [2.24, 2.45) is 0 Å². The molecule has 3 aromatic rings. The Balaban J connectivity index is 2.04. The van der Waals surface area contributed by atoms with E-state index in [1.54, 1.807) is 10.7 Å². The highest BCUT2D eigenvalue weighted by Gasteiger charge is 2.25. The third-order valence-electron chi connectivity index (χ3n) is 5.26. The van der Waals surface area contributed by atoms with Crippen LogP contribution in [0.15, 0.2) is 36.4 Å². The molecular formula is C25H29ClN2O2. The van der Waals surface area contributed by atoms with Crippen LogP contribution in [0, 0.1) is 27.7 Å². The first kappa shape index (κ1) is 22.1. The Bertz CT molecular complexity index is 1060. The zero-order valence-corrected chi connectivity index (χ0v) is 19.5. The number of rotatable bonds is 4. The van der Waals surface area contributed by atoms with Crippen molar-refractivity contribution in [3.05, 3.63) is 80.6 Å². The normalized spacial score (nSPS) is 11.6. The standard InChI is InChI=1S/C25H29ClN2O2/c1-15-11-17(3)19(18(4)12-15)14-28-21(13-22(27-28)25(5,6)7)24(29)30-23-16(2)9-8-10-20(23)26/h8-13H,14H2,1-7H3. The van der Waals surface area contributed by atoms with E-state index < -0.39 is 5.97 Å².